The molecular formula is C12H19N8O14P3. The topological polar surface area (TPSA) is 337 Å². The van der Waals surface area contributed by atoms with Crippen molar-refractivity contribution in [1.29, 1.82) is 0 Å². The van der Waals surface area contributed by atoms with Gasteiger partial charge in [-0.05, 0) is 5.53 Å². The first-order chi connectivity index (χ1) is 17.1. The zero-order valence-corrected chi connectivity index (χ0v) is 20.7. The van der Waals surface area contributed by atoms with Crippen LogP contribution in [-0.4, -0.2) is 82.5 Å². The van der Waals surface area contributed by atoms with Gasteiger partial charge in [0.2, 0.25) is 5.95 Å². The molecule has 22 nitrogen and oxygen atoms in total. The van der Waals surface area contributed by atoms with Crippen LogP contribution in [0.2, 0.25) is 0 Å². The second-order valence-electron chi connectivity index (χ2n) is 6.97. The van der Waals surface area contributed by atoms with Crippen LogP contribution < -0.4 is 11.3 Å². The first-order valence-corrected chi connectivity index (χ1v) is 14.1. The molecule has 37 heavy (non-hydrogen) atoms. The Labute approximate surface area is 204 Å². The van der Waals surface area contributed by atoms with Gasteiger partial charge in [-0.1, -0.05) is 5.11 Å². The molecule has 0 radical (unpaired) electrons. The quantitative estimate of drug-likeness (QED) is 0.0510. The number of aliphatic hydroxyl groups is 2. The monoisotopic (exact) mass is 592 g/mol. The number of anilines is 1. The Hall–Kier alpha value is -2.25. The number of nitrogens with zero attached hydrogens (tertiary/aromatic N) is 6. The number of azide groups is 1. The average Bonchev–Trinajstić information content (AvgIpc) is 3.29. The Bertz CT molecular complexity index is 1390. The van der Waals surface area contributed by atoms with Crippen molar-refractivity contribution in [2.45, 2.75) is 24.5 Å². The fourth-order valence-corrected chi connectivity index (χ4v) is 6.46. The molecule has 8 N–H and O–H groups in total. The number of H-pyrrole nitrogens is 1. The molecule has 0 aliphatic carbocycles. The summed E-state index contributed by atoms with van der Waals surface area (Å²) in [6, 6.07) is 0. The molecule has 25 heteroatoms. The summed E-state index contributed by atoms with van der Waals surface area (Å²) < 4.78 is 58.5. The van der Waals surface area contributed by atoms with Crippen LogP contribution in [0.15, 0.2) is 16.2 Å². The maximum absolute atomic E-state index is 12.1. The van der Waals surface area contributed by atoms with Crippen LogP contribution in [0.4, 0.5) is 5.95 Å². The molecule has 7 unspecified atom stereocenters. The summed E-state index contributed by atoms with van der Waals surface area (Å²) in [6.07, 6.45) is -5.40. The summed E-state index contributed by atoms with van der Waals surface area (Å²) in [6.45, 7) is -2.19. The Balaban J connectivity index is 1.63. The highest BCUT2D eigenvalue weighted by molar-refractivity contribution is 7.66. The largest absolute Gasteiger partial charge is 0.490 e. The number of phosphoric ester groups is 2. The van der Waals surface area contributed by atoms with Crippen molar-refractivity contribution in [1.82, 2.24) is 19.5 Å². The van der Waals surface area contributed by atoms with Gasteiger partial charge in [-0.25, -0.2) is 18.7 Å². The molecule has 1 saturated heterocycles. The number of hydrogen-bond donors (Lipinski definition) is 7. The summed E-state index contributed by atoms with van der Waals surface area (Å²) in [7, 11) is -16.6. The van der Waals surface area contributed by atoms with Crippen molar-refractivity contribution in [2.24, 2.45) is 5.11 Å². The lowest BCUT2D eigenvalue weighted by Gasteiger charge is -2.20. The molecule has 7 atom stereocenters. The number of nitrogens with one attached hydrogen (secondary N) is 1. The minimum atomic E-state index is -5.77. The number of nitrogen functional groups attached to an aromatic ring is 1. The molecule has 0 aromatic carbocycles. The average molecular weight is 592 g/mol. The van der Waals surface area contributed by atoms with E-state index in [4.69, 9.17) is 16.0 Å². The van der Waals surface area contributed by atoms with E-state index in [1.807, 2.05) is 0 Å². The molecule has 0 spiro atoms. The zero-order chi connectivity index (χ0) is 27.6. The Morgan fingerprint density at radius 3 is 2.46 bits per heavy atom. The standard InChI is InChI=1S/C12H19N8O14P3/c13-12-17-9-6(10(23)18-12)15-4-20(9)11-8(22)7(21)5(32-11)3-31-36(26,27)34-37(28,29)33-35(24,25)30-2-1-16-19-14/h4-5,7-8,11,21-22H,1-3H2,(H,24,25)(H,26,27)(H,28,29)(H3,13,17,18,23). The second kappa shape index (κ2) is 11.2. The van der Waals surface area contributed by atoms with Crippen LogP contribution in [0.25, 0.3) is 21.6 Å². The highest BCUT2D eigenvalue weighted by Crippen LogP contribution is 2.67. The van der Waals surface area contributed by atoms with Crippen molar-refractivity contribution in [3.8, 4) is 0 Å². The molecule has 1 aliphatic rings. The summed E-state index contributed by atoms with van der Waals surface area (Å²) in [5, 5.41) is 23.6. The number of aliphatic hydroxyl groups excluding tert-OH is 2. The SMILES string of the molecule is [N-]=[N+]=NCCOP(=O)(O)OP(=O)(O)OP(=O)(O)OCC1OC(n2cnc3c(=O)[nH]c(N)nc32)C(O)C1O. The Morgan fingerprint density at radius 2 is 1.81 bits per heavy atom. The Kier molecular flexibility index (Phi) is 8.90. The fourth-order valence-electron chi connectivity index (χ4n) is 2.96. The molecular weight excluding hydrogens is 573 g/mol. The molecule has 3 heterocycles. The highest BCUT2D eigenvalue weighted by atomic mass is 31.3. The molecule has 3 rings (SSSR count). The third-order valence-corrected chi connectivity index (χ3v) is 8.67. The normalized spacial score (nSPS) is 26.7. The maximum Gasteiger partial charge on any atom is 0.490 e. The van der Waals surface area contributed by atoms with Gasteiger partial charge < -0.3 is 35.4 Å². The van der Waals surface area contributed by atoms with Crippen molar-refractivity contribution in [3.05, 3.63) is 27.1 Å². The van der Waals surface area contributed by atoms with E-state index in [1.165, 1.54) is 0 Å². The van der Waals surface area contributed by atoms with Gasteiger partial charge in [0.05, 0.1) is 19.5 Å². The molecule has 1 fully saturated rings. The number of phosphoric acid groups is 3. The van der Waals surface area contributed by atoms with E-state index in [2.05, 4.69) is 42.6 Å². The number of aromatic nitrogens is 4. The number of imidazole rings is 1. The van der Waals surface area contributed by atoms with Gasteiger partial charge in [-0.3, -0.25) is 23.4 Å². The smallest absolute Gasteiger partial charge is 0.387 e. The van der Waals surface area contributed by atoms with Crippen LogP contribution in [0.5, 0.6) is 0 Å². The summed E-state index contributed by atoms with van der Waals surface area (Å²) >= 11 is 0. The summed E-state index contributed by atoms with van der Waals surface area (Å²) in [5.74, 6) is -0.283. The molecule has 0 bridgehead atoms. The lowest BCUT2D eigenvalue weighted by molar-refractivity contribution is -0.0503. The fraction of sp³-hybridized carbons (Fsp3) is 0.583. The number of rotatable bonds is 12. The minimum Gasteiger partial charge on any atom is -0.387 e. The second-order valence-corrected chi connectivity index (χ2v) is 11.6. The van der Waals surface area contributed by atoms with E-state index in [9.17, 15) is 43.4 Å². The van der Waals surface area contributed by atoms with Crippen LogP contribution in [-0.2, 0) is 36.1 Å². The highest BCUT2D eigenvalue weighted by Gasteiger charge is 2.47. The number of aromatic amines is 1. The molecule has 206 valence electrons. The molecule has 2 aromatic heterocycles. The lowest BCUT2D eigenvalue weighted by atomic mass is 10.1. The van der Waals surface area contributed by atoms with Gasteiger partial charge in [0.15, 0.2) is 17.4 Å². The van der Waals surface area contributed by atoms with E-state index < -0.39 is 73.3 Å². The van der Waals surface area contributed by atoms with E-state index >= 15 is 0 Å². The molecule has 2 aromatic rings. The van der Waals surface area contributed by atoms with Crippen molar-refractivity contribution in [3.63, 3.8) is 0 Å². The van der Waals surface area contributed by atoms with E-state index in [0.717, 1.165) is 10.9 Å². The Morgan fingerprint density at radius 1 is 1.16 bits per heavy atom. The van der Waals surface area contributed by atoms with Crippen LogP contribution >= 0.6 is 23.5 Å². The van der Waals surface area contributed by atoms with Crippen LogP contribution in [0.1, 0.15) is 6.23 Å². The van der Waals surface area contributed by atoms with Gasteiger partial charge in [-0.2, -0.15) is 13.6 Å². The number of fused-ring (bicyclic) bond motifs is 1. The van der Waals surface area contributed by atoms with Gasteiger partial charge in [0.1, 0.15) is 18.3 Å². The molecule has 0 saturated carbocycles. The first-order valence-electron chi connectivity index (χ1n) is 9.59. The molecule has 1 aliphatic heterocycles. The van der Waals surface area contributed by atoms with E-state index in [-0.39, 0.29) is 17.1 Å². The van der Waals surface area contributed by atoms with Gasteiger partial charge >= 0.3 is 23.5 Å². The van der Waals surface area contributed by atoms with Gasteiger partial charge in [-0.15, -0.1) is 0 Å². The van der Waals surface area contributed by atoms with Crippen molar-refractivity contribution >= 4 is 40.6 Å². The van der Waals surface area contributed by atoms with Crippen molar-refractivity contribution in [2.75, 3.05) is 25.5 Å². The summed E-state index contributed by atoms with van der Waals surface area (Å²) in [4.78, 5) is 52.7. The number of nitrogens with two attached hydrogens (primary N) is 1. The zero-order valence-electron chi connectivity index (χ0n) is 18.0. The van der Waals surface area contributed by atoms with Crippen LogP contribution in [0.3, 0.4) is 0 Å². The predicted molar refractivity (Wildman–Crippen MR) is 116 cm³/mol. The third kappa shape index (κ3) is 7.41. The van der Waals surface area contributed by atoms with Gasteiger partial charge in [0.25, 0.3) is 5.56 Å². The molecule has 0 amide bonds. The van der Waals surface area contributed by atoms with Crippen LogP contribution in [0, 0.1) is 0 Å². The van der Waals surface area contributed by atoms with E-state index in [0.29, 0.717) is 0 Å². The van der Waals surface area contributed by atoms with Crippen molar-refractivity contribution < 1.29 is 61.0 Å². The number of ether oxygens (including phenoxy) is 1. The number of hydrogen-bond acceptors (Lipinski definition) is 15. The summed E-state index contributed by atoms with van der Waals surface area (Å²) in [5.41, 5.74) is 12.6. The minimum absolute atomic E-state index is 0.122. The van der Waals surface area contributed by atoms with E-state index in [1.54, 1.807) is 0 Å². The van der Waals surface area contributed by atoms with Gasteiger partial charge in [0, 0.05) is 11.5 Å². The predicted octanol–water partition coefficient (Wildman–Crippen LogP) is -1.00. The first kappa shape index (κ1) is 29.3. The third-order valence-electron chi connectivity index (χ3n) is 4.39. The lowest BCUT2D eigenvalue weighted by Crippen LogP contribution is -2.33. The maximum atomic E-state index is 12.1.